The largest absolute Gasteiger partial charge is 0.489 e. The molecule has 0 N–H and O–H groups in total. The Morgan fingerprint density at radius 3 is 2.72 bits per heavy atom. The van der Waals surface area contributed by atoms with Gasteiger partial charge in [-0.15, -0.1) is 11.3 Å². The molecule has 2 aromatic heterocycles. The van der Waals surface area contributed by atoms with Gasteiger partial charge in [0.1, 0.15) is 22.9 Å². The van der Waals surface area contributed by atoms with Crippen LogP contribution in [0.5, 0.6) is 5.75 Å². The predicted molar refractivity (Wildman–Crippen MR) is 129 cm³/mol. The van der Waals surface area contributed by atoms with Crippen LogP contribution in [-0.2, 0) is 11.2 Å². The second-order valence-electron chi connectivity index (χ2n) is 8.82. The first-order valence-corrected chi connectivity index (χ1v) is 12.4. The molecule has 8 heteroatoms. The molecule has 5 rings (SSSR count). The van der Waals surface area contributed by atoms with Gasteiger partial charge >= 0.3 is 0 Å². The second-order valence-corrected chi connectivity index (χ2v) is 10.4. The zero-order valence-corrected chi connectivity index (χ0v) is 20.0. The number of fused-ring (bicyclic) bond motifs is 3. The van der Waals surface area contributed by atoms with E-state index in [4.69, 9.17) is 21.1 Å². The lowest BCUT2D eigenvalue weighted by Gasteiger charge is -2.36. The van der Waals surface area contributed by atoms with Crippen molar-refractivity contribution in [1.82, 2.24) is 14.5 Å². The summed E-state index contributed by atoms with van der Waals surface area (Å²) in [4.78, 5) is 21.3. The molecule has 2 fully saturated rings. The Labute approximate surface area is 196 Å². The summed E-state index contributed by atoms with van der Waals surface area (Å²) >= 11 is 8.09. The number of piperidine rings is 1. The summed E-state index contributed by atoms with van der Waals surface area (Å²) in [6, 6.07) is 8.77. The van der Waals surface area contributed by atoms with Crippen LogP contribution in [0.15, 0.2) is 35.4 Å². The second kappa shape index (κ2) is 9.14. The van der Waals surface area contributed by atoms with Gasteiger partial charge in [-0.3, -0.25) is 9.36 Å². The highest BCUT2D eigenvalue weighted by molar-refractivity contribution is 7.18. The van der Waals surface area contributed by atoms with Gasteiger partial charge in [0, 0.05) is 30.7 Å². The maximum atomic E-state index is 13.1. The third-order valence-corrected chi connectivity index (χ3v) is 8.27. The Balaban J connectivity index is 1.35. The number of ether oxygens (including phenoxy) is 2. The average Bonchev–Trinajstić information content (AvgIpc) is 3.27. The van der Waals surface area contributed by atoms with Gasteiger partial charge in [-0.25, -0.2) is 4.98 Å². The molecule has 170 valence electrons. The number of nitrogens with zero attached hydrogens (tertiary/aromatic N) is 3. The highest BCUT2D eigenvalue weighted by Gasteiger charge is 2.39. The molecule has 1 aromatic carbocycles. The highest BCUT2D eigenvalue weighted by atomic mass is 35.5. The van der Waals surface area contributed by atoms with E-state index in [1.54, 1.807) is 24.1 Å². The molecule has 2 aliphatic heterocycles. The van der Waals surface area contributed by atoms with E-state index < -0.39 is 0 Å². The van der Waals surface area contributed by atoms with Crippen LogP contribution in [0, 0.1) is 0 Å². The topological polar surface area (TPSA) is 56.6 Å². The van der Waals surface area contributed by atoms with Crippen LogP contribution in [0.25, 0.3) is 15.9 Å². The maximum Gasteiger partial charge on any atom is 0.275 e. The third kappa shape index (κ3) is 4.19. The fourth-order valence-corrected chi connectivity index (χ4v) is 6.33. The van der Waals surface area contributed by atoms with Gasteiger partial charge in [0.15, 0.2) is 0 Å². The normalized spacial score (nSPS) is 23.2. The number of hydrogen-bond donors (Lipinski definition) is 0. The Morgan fingerprint density at radius 2 is 2.00 bits per heavy atom. The number of rotatable bonds is 7. The molecule has 2 bridgehead atoms. The molecule has 3 aromatic rings. The van der Waals surface area contributed by atoms with Crippen LogP contribution >= 0.6 is 22.9 Å². The SMILES string of the molecule is COCCCc1cc2ncn(-c3ccc(OC4C[C@H]5CC[C@@H](C4)N5C)c(Cl)c3)c(=O)c2s1. The summed E-state index contributed by atoms with van der Waals surface area (Å²) < 4.78 is 13.6. The van der Waals surface area contributed by atoms with Crippen molar-refractivity contribution in [2.24, 2.45) is 0 Å². The molecule has 4 heterocycles. The van der Waals surface area contributed by atoms with Crippen LogP contribution in [0.4, 0.5) is 0 Å². The molecule has 0 spiro atoms. The minimum atomic E-state index is -0.0744. The van der Waals surface area contributed by atoms with Gasteiger partial charge in [-0.1, -0.05) is 11.6 Å². The molecule has 3 atom stereocenters. The van der Waals surface area contributed by atoms with Gasteiger partial charge in [0.2, 0.25) is 0 Å². The van der Waals surface area contributed by atoms with Crippen LogP contribution in [-0.4, -0.2) is 53.4 Å². The third-order valence-electron chi connectivity index (χ3n) is 6.80. The summed E-state index contributed by atoms with van der Waals surface area (Å²) in [6.07, 6.45) is 8.16. The van der Waals surface area contributed by atoms with Gasteiger partial charge < -0.3 is 14.4 Å². The molecule has 32 heavy (non-hydrogen) atoms. The lowest BCUT2D eigenvalue weighted by atomic mass is 10.0. The minimum Gasteiger partial charge on any atom is -0.489 e. The summed E-state index contributed by atoms with van der Waals surface area (Å²) in [5, 5.41) is 0.521. The van der Waals surface area contributed by atoms with E-state index in [-0.39, 0.29) is 11.7 Å². The molecule has 0 amide bonds. The number of thiophene rings is 1. The number of halogens is 1. The van der Waals surface area contributed by atoms with Crippen molar-refractivity contribution >= 4 is 33.2 Å². The van der Waals surface area contributed by atoms with Crippen LogP contribution in [0.1, 0.15) is 37.0 Å². The van der Waals surface area contributed by atoms with Crippen LogP contribution in [0.2, 0.25) is 5.02 Å². The zero-order valence-electron chi connectivity index (χ0n) is 18.4. The molecule has 0 saturated carbocycles. The first-order chi connectivity index (χ1) is 15.5. The average molecular weight is 474 g/mol. The monoisotopic (exact) mass is 473 g/mol. The minimum absolute atomic E-state index is 0.0744. The smallest absolute Gasteiger partial charge is 0.275 e. The number of methoxy groups -OCH3 is 1. The predicted octanol–water partition coefficient (Wildman–Crippen LogP) is 4.68. The molecule has 6 nitrogen and oxygen atoms in total. The Hall–Kier alpha value is -1.93. The summed E-state index contributed by atoms with van der Waals surface area (Å²) in [5.74, 6) is 0.683. The Morgan fingerprint density at radius 1 is 1.22 bits per heavy atom. The van der Waals surface area contributed by atoms with Crippen molar-refractivity contribution < 1.29 is 9.47 Å². The Kier molecular flexibility index (Phi) is 6.25. The summed E-state index contributed by atoms with van der Waals surface area (Å²) in [6.45, 7) is 0.706. The number of hydrogen-bond acceptors (Lipinski definition) is 6. The van der Waals surface area contributed by atoms with Gasteiger partial charge in [0.05, 0.1) is 16.2 Å². The zero-order chi connectivity index (χ0) is 22.2. The molecular formula is C24H28ClN3O3S. The van der Waals surface area contributed by atoms with E-state index >= 15 is 0 Å². The molecule has 2 aliphatic rings. The standard InChI is InChI=1S/C24H28ClN3O3S/c1-27-15-5-6-16(27)11-18(10-15)31-22-8-7-17(12-20(22)25)28-14-26-21-13-19(4-3-9-30-2)32-23(21)24(28)29/h7-8,12-16,18H,3-6,9-11H2,1-2H3/t15-,16+,18?. The number of benzene rings is 1. The molecule has 1 unspecified atom stereocenters. The lowest BCUT2D eigenvalue weighted by Crippen LogP contribution is -2.43. The van der Waals surface area contributed by atoms with Crippen molar-refractivity contribution in [1.29, 1.82) is 0 Å². The fraction of sp³-hybridized carbons (Fsp3) is 0.500. The lowest BCUT2D eigenvalue weighted by molar-refractivity contribution is 0.0662. The van der Waals surface area contributed by atoms with E-state index in [2.05, 4.69) is 16.9 Å². The highest BCUT2D eigenvalue weighted by Crippen LogP contribution is 2.37. The van der Waals surface area contributed by atoms with E-state index in [0.29, 0.717) is 39.9 Å². The van der Waals surface area contributed by atoms with Crippen molar-refractivity contribution in [3.8, 4) is 11.4 Å². The van der Waals surface area contributed by atoms with Crippen molar-refractivity contribution in [2.45, 2.75) is 56.7 Å². The molecule has 0 radical (unpaired) electrons. The van der Waals surface area contributed by atoms with E-state index in [1.165, 1.54) is 24.2 Å². The fourth-order valence-electron chi connectivity index (χ4n) is 5.03. The Bertz CT molecular complexity index is 1160. The quantitative estimate of drug-likeness (QED) is 0.466. The first-order valence-electron chi connectivity index (χ1n) is 11.2. The van der Waals surface area contributed by atoms with E-state index in [9.17, 15) is 4.79 Å². The van der Waals surface area contributed by atoms with Gasteiger partial charge in [-0.2, -0.15) is 0 Å². The summed E-state index contributed by atoms with van der Waals surface area (Å²) in [7, 11) is 3.92. The van der Waals surface area contributed by atoms with Crippen molar-refractivity contribution in [2.75, 3.05) is 20.8 Å². The molecule has 0 aliphatic carbocycles. The summed E-state index contributed by atoms with van der Waals surface area (Å²) in [5.41, 5.74) is 1.36. The van der Waals surface area contributed by atoms with Crippen LogP contribution in [0.3, 0.4) is 0 Å². The van der Waals surface area contributed by atoms with Crippen molar-refractivity contribution in [3.63, 3.8) is 0 Å². The van der Waals surface area contributed by atoms with Crippen molar-refractivity contribution in [3.05, 3.63) is 50.8 Å². The maximum absolute atomic E-state index is 13.1. The number of aromatic nitrogens is 2. The van der Waals surface area contributed by atoms with Gasteiger partial charge in [0.25, 0.3) is 5.56 Å². The molecular weight excluding hydrogens is 446 g/mol. The van der Waals surface area contributed by atoms with Crippen LogP contribution < -0.4 is 10.3 Å². The molecule has 2 saturated heterocycles. The van der Waals surface area contributed by atoms with E-state index in [1.807, 2.05) is 18.2 Å². The van der Waals surface area contributed by atoms with E-state index in [0.717, 1.165) is 36.1 Å². The van der Waals surface area contributed by atoms with Gasteiger partial charge in [-0.05, 0) is 69.8 Å². The number of aryl methyl sites for hydroxylation is 1. The first kappa shape index (κ1) is 21.9.